The molecule has 0 saturated carbocycles. The van der Waals surface area contributed by atoms with Crippen molar-refractivity contribution >= 4 is 22.6 Å². The maximum absolute atomic E-state index is 12.7. The molecule has 5 heteroatoms. The normalized spacial score (nSPS) is 13.8. The summed E-state index contributed by atoms with van der Waals surface area (Å²) in [4.78, 5) is 19.0. The van der Waals surface area contributed by atoms with Crippen molar-refractivity contribution in [2.45, 2.75) is 20.1 Å². The lowest BCUT2D eigenvalue weighted by molar-refractivity contribution is 0.0830. The van der Waals surface area contributed by atoms with Gasteiger partial charge >= 0.3 is 0 Å². The number of aromatic nitrogens is 2. The van der Waals surface area contributed by atoms with Gasteiger partial charge in [-0.25, -0.2) is 4.98 Å². The summed E-state index contributed by atoms with van der Waals surface area (Å²) in [6, 6.07) is 13.6. The molecule has 2 heterocycles. The van der Waals surface area contributed by atoms with Crippen molar-refractivity contribution in [1.29, 1.82) is 0 Å². The molecule has 0 spiro atoms. The van der Waals surface area contributed by atoms with Gasteiger partial charge in [-0.1, -0.05) is 17.7 Å². The standard InChI is InChI=1S/C19H19N3O2/c1-13-4-3-5-14(10-13)19(23)21(2)15-6-7-17-16(11-15)20-18-12-24-9-8-22(17)18/h3-7,10-11H,8-9,12H2,1-2H3. The molecule has 0 fully saturated rings. The Labute approximate surface area is 140 Å². The van der Waals surface area contributed by atoms with Gasteiger partial charge in [-0.2, -0.15) is 0 Å². The van der Waals surface area contributed by atoms with Gasteiger partial charge in [-0.15, -0.1) is 0 Å². The quantitative estimate of drug-likeness (QED) is 0.728. The fourth-order valence-corrected chi connectivity index (χ4v) is 3.14. The van der Waals surface area contributed by atoms with E-state index in [9.17, 15) is 4.79 Å². The minimum atomic E-state index is -0.0228. The Hall–Kier alpha value is -2.66. The monoisotopic (exact) mass is 321 g/mol. The summed E-state index contributed by atoms with van der Waals surface area (Å²) in [7, 11) is 1.80. The zero-order valence-corrected chi connectivity index (χ0v) is 13.8. The molecule has 4 rings (SSSR count). The Morgan fingerprint density at radius 2 is 2.12 bits per heavy atom. The second-order valence-corrected chi connectivity index (χ2v) is 6.14. The van der Waals surface area contributed by atoms with Crippen molar-refractivity contribution in [2.24, 2.45) is 0 Å². The number of hydrogen-bond donors (Lipinski definition) is 0. The first-order chi connectivity index (χ1) is 11.6. The molecular formula is C19H19N3O2. The van der Waals surface area contributed by atoms with Crippen LogP contribution in [-0.4, -0.2) is 29.1 Å². The molecule has 0 aliphatic carbocycles. The van der Waals surface area contributed by atoms with Gasteiger partial charge in [0, 0.05) is 24.8 Å². The molecule has 0 atom stereocenters. The molecule has 0 unspecified atom stereocenters. The molecule has 0 saturated heterocycles. The average Bonchev–Trinajstić information content (AvgIpc) is 2.98. The van der Waals surface area contributed by atoms with Crippen molar-refractivity contribution in [1.82, 2.24) is 9.55 Å². The summed E-state index contributed by atoms with van der Waals surface area (Å²) < 4.78 is 7.65. The molecule has 1 aliphatic rings. The van der Waals surface area contributed by atoms with Gasteiger partial charge in [0.1, 0.15) is 12.4 Å². The van der Waals surface area contributed by atoms with Crippen LogP contribution in [0.15, 0.2) is 42.5 Å². The molecule has 2 aromatic carbocycles. The number of hydrogen-bond acceptors (Lipinski definition) is 3. The van der Waals surface area contributed by atoms with Crippen molar-refractivity contribution in [3.05, 3.63) is 59.4 Å². The van der Waals surface area contributed by atoms with E-state index in [1.165, 1.54) is 0 Å². The summed E-state index contributed by atoms with van der Waals surface area (Å²) in [5, 5.41) is 0. The lowest BCUT2D eigenvalue weighted by Crippen LogP contribution is -2.26. The summed E-state index contributed by atoms with van der Waals surface area (Å²) >= 11 is 0. The number of carbonyl (C=O) groups is 1. The highest BCUT2D eigenvalue weighted by atomic mass is 16.5. The van der Waals surface area contributed by atoms with Gasteiger partial charge < -0.3 is 14.2 Å². The van der Waals surface area contributed by atoms with E-state index < -0.39 is 0 Å². The van der Waals surface area contributed by atoms with E-state index in [1.54, 1.807) is 11.9 Å². The van der Waals surface area contributed by atoms with Crippen molar-refractivity contribution < 1.29 is 9.53 Å². The molecule has 24 heavy (non-hydrogen) atoms. The fraction of sp³-hybridized carbons (Fsp3) is 0.263. The van der Waals surface area contributed by atoms with Crippen LogP contribution >= 0.6 is 0 Å². The predicted octanol–water partition coefficient (Wildman–Crippen LogP) is 3.15. The molecule has 1 aromatic heterocycles. The first-order valence-corrected chi connectivity index (χ1v) is 8.05. The van der Waals surface area contributed by atoms with Crippen LogP contribution in [0, 0.1) is 6.92 Å². The zero-order valence-electron chi connectivity index (χ0n) is 13.8. The number of fused-ring (bicyclic) bond motifs is 3. The molecule has 0 radical (unpaired) electrons. The number of ether oxygens (including phenoxy) is 1. The highest BCUT2D eigenvalue weighted by Gasteiger charge is 2.18. The number of imidazole rings is 1. The SMILES string of the molecule is Cc1cccc(C(=O)N(C)c2ccc3c(c2)nc2n3CCOC2)c1. The van der Waals surface area contributed by atoms with Crippen LogP contribution in [0.1, 0.15) is 21.7 Å². The summed E-state index contributed by atoms with van der Waals surface area (Å²) in [6.07, 6.45) is 0. The predicted molar refractivity (Wildman–Crippen MR) is 93.3 cm³/mol. The molecule has 122 valence electrons. The molecule has 0 bridgehead atoms. The minimum Gasteiger partial charge on any atom is -0.372 e. The molecular weight excluding hydrogens is 302 g/mol. The molecule has 1 amide bonds. The molecule has 0 N–H and O–H groups in total. The van der Waals surface area contributed by atoms with Crippen molar-refractivity contribution in [2.75, 3.05) is 18.6 Å². The number of anilines is 1. The lowest BCUT2D eigenvalue weighted by atomic mass is 10.1. The van der Waals surface area contributed by atoms with Crippen LogP contribution in [-0.2, 0) is 17.9 Å². The van der Waals surface area contributed by atoms with Crippen LogP contribution < -0.4 is 4.90 Å². The zero-order chi connectivity index (χ0) is 16.7. The average molecular weight is 321 g/mol. The Morgan fingerprint density at radius 1 is 1.25 bits per heavy atom. The smallest absolute Gasteiger partial charge is 0.258 e. The Morgan fingerprint density at radius 3 is 2.96 bits per heavy atom. The fourth-order valence-electron chi connectivity index (χ4n) is 3.14. The summed E-state index contributed by atoms with van der Waals surface area (Å²) in [5.74, 6) is 0.923. The third kappa shape index (κ3) is 2.47. The minimum absolute atomic E-state index is 0.0228. The van der Waals surface area contributed by atoms with Gasteiger partial charge in [0.05, 0.1) is 17.6 Å². The highest BCUT2D eigenvalue weighted by molar-refractivity contribution is 6.06. The first-order valence-electron chi connectivity index (χ1n) is 8.05. The Kier molecular flexibility index (Phi) is 3.58. The summed E-state index contributed by atoms with van der Waals surface area (Å²) in [5.41, 5.74) is 4.59. The van der Waals surface area contributed by atoms with Gasteiger partial charge in [-0.05, 0) is 37.3 Å². The first kappa shape index (κ1) is 14.9. The van der Waals surface area contributed by atoms with Crippen molar-refractivity contribution in [3.63, 3.8) is 0 Å². The molecule has 5 nitrogen and oxygen atoms in total. The van der Waals surface area contributed by atoms with E-state index in [2.05, 4.69) is 9.55 Å². The number of rotatable bonds is 2. The third-order valence-corrected chi connectivity index (χ3v) is 4.46. The second-order valence-electron chi connectivity index (χ2n) is 6.14. The number of carbonyl (C=O) groups excluding carboxylic acids is 1. The van der Waals surface area contributed by atoms with E-state index >= 15 is 0 Å². The van der Waals surface area contributed by atoms with Gasteiger partial charge in [-0.3, -0.25) is 4.79 Å². The molecule has 3 aromatic rings. The maximum Gasteiger partial charge on any atom is 0.258 e. The number of aryl methyl sites for hydroxylation is 1. The highest BCUT2D eigenvalue weighted by Crippen LogP contribution is 2.25. The number of nitrogens with zero attached hydrogens (tertiary/aromatic N) is 3. The van der Waals surface area contributed by atoms with Gasteiger partial charge in [0.15, 0.2) is 0 Å². The van der Waals surface area contributed by atoms with Crippen molar-refractivity contribution in [3.8, 4) is 0 Å². The lowest BCUT2D eigenvalue weighted by Gasteiger charge is -2.18. The van der Waals surface area contributed by atoms with Gasteiger partial charge in [0.2, 0.25) is 0 Å². The second kappa shape index (κ2) is 5.76. The number of benzene rings is 2. The Balaban J connectivity index is 1.69. The maximum atomic E-state index is 12.7. The van der Waals surface area contributed by atoms with Crippen LogP contribution in [0.25, 0.3) is 11.0 Å². The molecule has 1 aliphatic heterocycles. The van der Waals surface area contributed by atoms with E-state index in [0.717, 1.165) is 34.7 Å². The van der Waals surface area contributed by atoms with Crippen LogP contribution in [0.4, 0.5) is 5.69 Å². The van der Waals surface area contributed by atoms with E-state index in [0.29, 0.717) is 18.8 Å². The summed E-state index contributed by atoms with van der Waals surface area (Å²) in [6.45, 7) is 4.07. The van der Waals surface area contributed by atoms with E-state index in [1.807, 2.05) is 49.4 Å². The largest absolute Gasteiger partial charge is 0.372 e. The van der Waals surface area contributed by atoms with Gasteiger partial charge in [0.25, 0.3) is 5.91 Å². The van der Waals surface area contributed by atoms with E-state index in [-0.39, 0.29) is 5.91 Å². The third-order valence-electron chi connectivity index (χ3n) is 4.46. The topological polar surface area (TPSA) is 47.4 Å². The number of amides is 1. The Bertz CT molecular complexity index is 930. The van der Waals surface area contributed by atoms with Crippen LogP contribution in [0.2, 0.25) is 0 Å². The van der Waals surface area contributed by atoms with Crippen LogP contribution in [0.3, 0.4) is 0 Å². The van der Waals surface area contributed by atoms with Crippen LogP contribution in [0.5, 0.6) is 0 Å². The van der Waals surface area contributed by atoms with E-state index in [4.69, 9.17) is 4.74 Å².